The molecular formula is C14H20N2O. The molecule has 0 fully saturated rings. The summed E-state index contributed by atoms with van der Waals surface area (Å²) in [5.41, 5.74) is 2.49. The number of rotatable bonds is 4. The number of nitrogens with one attached hydrogen (secondary N) is 2. The van der Waals surface area contributed by atoms with Crippen LogP contribution in [0.2, 0.25) is 0 Å². The first kappa shape index (κ1) is 12.0. The number of benzene rings is 1. The van der Waals surface area contributed by atoms with Crippen LogP contribution in [0.5, 0.6) is 0 Å². The molecule has 17 heavy (non-hydrogen) atoms. The highest BCUT2D eigenvalue weighted by Crippen LogP contribution is 2.20. The number of fused-ring (bicyclic) bond motifs is 1. The first-order valence-electron chi connectivity index (χ1n) is 6.40. The lowest BCUT2D eigenvalue weighted by atomic mass is 9.99. The Labute approximate surface area is 103 Å². The van der Waals surface area contributed by atoms with E-state index in [1.807, 2.05) is 12.1 Å². The summed E-state index contributed by atoms with van der Waals surface area (Å²) in [7, 11) is 0. The van der Waals surface area contributed by atoms with E-state index in [0.717, 1.165) is 25.8 Å². The monoisotopic (exact) mass is 232 g/mol. The van der Waals surface area contributed by atoms with Gasteiger partial charge < -0.3 is 10.6 Å². The number of hydrogen-bond donors (Lipinski definition) is 2. The summed E-state index contributed by atoms with van der Waals surface area (Å²) in [4.78, 5) is 11.6. The van der Waals surface area contributed by atoms with Crippen molar-refractivity contribution >= 4 is 11.6 Å². The van der Waals surface area contributed by atoms with Crippen molar-refractivity contribution in [3.63, 3.8) is 0 Å². The third-order valence-corrected chi connectivity index (χ3v) is 3.15. The topological polar surface area (TPSA) is 41.1 Å². The molecule has 1 unspecified atom stereocenters. The molecular weight excluding hydrogens is 212 g/mol. The summed E-state index contributed by atoms with van der Waals surface area (Å²) in [6.07, 6.45) is 3.62. The molecule has 0 saturated heterocycles. The third-order valence-electron chi connectivity index (χ3n) is 3.15. The number of para-hydroxylation sites is 1. The molecule has 1 atom stereocenters. The van der Waals surface area contributed by atoms with Crippen LogP contribution in [0.25, 0.3) is 0 Å². The quantitative estimate of drug-likeness (QED) is 0.836. The van der Waals surface area contributed by atoms with Gasteiger partial charge in [0.05, 0.1) is 6.04 Å². The highest BCUT2D eigenvalue weighted by molar-refractivity contribution is 5.76. The van der Waals surface area contributed by atoms with Gasteiger partial charge in [0.1, 0.15) is 0 Å². The van der Waals surface area contributed by atoms with Gasteiger partial charge in [0.25, 0.3) is 0 Å². The number of anilines is 1. The van der Waals surface area contributed by atoms with Crippen molar-refractivity contribution in [1.29, 1.82) is 0 Å². The van der Waals surface area contributed by atoms with Crippen LogP contribution >= 0.6 is 0 Å². The van der Waals surface area contributed by atoms with Gasteiger partial charge in [-0.05, 0) is 24.5 Å². The Kier molecular flexibility index (Phi) is 4.02. The first-order valence-corrected chi connectivity index (χ1v) is 6.40. The van der Waals surface area contributed by atoms with Crippen molar-refractivity contribution in [3.05, 3.63) is 29.8 Å². The molecule has 2 N–H and O–H groups in total. The van der Waals surface area contributed by atoms with Crippen LogP contribution in [0.15, 0.2) is 24.3 Å². The van der Waals surface area contributed by atoms with Crippen LogP contribution in [0.1, 0.15) is 31.7 Å². The molecule has 1 aliphatic rings. The van der Waals surface area contributed by atoms with Crippen LogP contribution in [-0.2, 0) is 11.2 Å². The lowest BCUT2D eigenvalue weighted by Gasteiger charge is -2.26. The maximum absolute atomic E-state index is 11.6. The van der Waals surface area contributed by atoms with Gasteiger partial charge in [0.2, 0.25) is 5.91 Å². The molecule has 1 aromatic rings. The van der Waals surface area contributed by atoms with Gasteiger partial charge in [-0.15, -0.1) is 0 Å². The van der Waals surface area contributed by atoms with Crippen molar-refractivity contribution in [3.8, 4) is 0 Å². The Morgan fingerprint density at radius 1 is 1.47 bits per heavy atom. The summed E-state index contributed by atoms with van der Waals surface area (Å²) in [5, 5.41) is 6.45. The number of unbranched alkanes of at least 4 members (excludes halogenated alkanes) is 1. The van der Waals surface area contributed by atoms with Crippen LogP contribution < -0.4 is 10.6 Å². The Morgan fingerprint density at radius 3 is 3.12 bits per heavy atom. The SMILES string of the molecule is CCCCC(=O)NC1CNc2ccccc2C1. The predicted molar refractivity (Wildman–Crippen MR) is 70.1 cm³/mol. The van der Waals surface area contributed by atoms with Crippen molar-refractivity contribution in [2.75, 3.05) is 11.9 Å². The summed E-state index contributed by atoms with van der Waals surface area (Å²) in [6, 6.07) is 8.51. The number of hydrogen-bond acceptors (Lipinski definition) is 2. The molecule has 0 spiro atoms. The van der Waals surface area contributed by atoms with E-state index < -0.39 is 0 Å². The van der Waals surface area contributed by atoms with E-state index in [9.17, 15) is 4.79 Å². The number of carbonyl (C=O) groups is 1. The Morgan fingerprint density at radius 2 is 2.29 bits per heavy atom. The van der Waals surface area contributed by atoms with E-state index >= 15 is 0 Å². The molecule has 0 aromatic heterocycles. The van der Waals surface area contributed by atoms with E-state index in [1.165, 1.54) is 11.3 Å². The second-order valence-corrected chi connectivity index (χ2v) is 4.61. The van der Waals surface area contributed by atoms with E-state index in [4.69, 9.17) is 0 Å². The van der Waals surface area contributed by atoms with Crippen molar-refractivity contribution in [2.24, 2.45) is 0 Å². The zero-order valence-corrected chi connectivity index (χ0v) is 10.3. The van der Waals surface area contributed by atoms with Crippen molar-refractivity contribution < 1.29 is 4.79 Å². The summed E-state index contributed by atoms with van der Waals surface area (Å²) >= 11 is 0. The molecule has 1 heterocycles. The van der Waals surface area contributed by atoms with Crippen LogP contribution in [0.3, 0.4) is 0 Å². The smallest absolute Gasteiger partial charge is 0.220 e. The van der Waals surface area contributed by atoms with Crippen LogP contribution in [0.4, 0.5) is 5.69 Å². The second kappa shape index (κ2) is 5.71. The first-order chi connectivity index (χ1) is 8.29. The minimum Gasteiger partial charge on any atom is -0.383 e. The molecule has 0 radical (unpaired) electrons. The molecule has 3 heteroatoms. The van der Waals surface area contributed by atoms with E-state index in [1.54, 1.807) is 0 Å². The molecule has 1 aromatic carbocycles. The fourth-order valence-corrected chi connectivity index (χ4v) is 2.18. The molecule has 2 rings (SSSR count). The lowest BCUT2D eigenvalue weighted by Crippen LogP contribution is -2.43. The minimum absolute atomic E-state index is 0.179. The van der Waals surface area contributed by atoms with E-state index in [2.05, 4.69) is 29.7 Å². The molecule has 0 bridgehead atoms. The van der Waals surface area contributed by atoms with Gasteiger partial charge >= 0.3 is 0 Å². The predicted octanol–water partition coefficient (Wildman–Crippen LogP) is 2.33. The maximum atomic E-state index is 11.6. The van der Waals surface area contributed by atoms with Gasteiger partial charge in [0.15, 0.2) is 0 Å². The van der Waals surface area contributed by atoms with Crippen LogP contribution in [-0.4, -0.2) is 18.5 Å². The number of carbonyl (C=O) groups excluding carboxylic acids is 1. The normalized spacial score (nSPS) is 18.1. The van der Waals surface area contributed by atoms with E-state index in [0.29, 0.717) is 6.42 Å². The van der Waals surface area contributed by atoms with Gasteiger partial charge in [0, 0.05) is 18.7 Å². The average molecular weight is 232 g/mol. The highest BCUT2D eigenvalue weighted by Gasteiger charge is 2.18. The maximum Gasteiger partial charge on any atom is 0.220 e. The summed E-state index contributed by atoms with van der Waals surface area (Å²) < 4.78 is 0. The summed E-state index contributed by atoms with van der Waals surface area (Å²) in [5.74, 6) is 0.179. The third kappa shape index (κ3) is 3.22. The van der Waals surface area contributed by atoms with Gasteiger partial charge in [-0.1, -0.05) is 31.5 Å². The Balaban J connectivity index is 1.88. The molecule has 92 valence electrons. The Hall–Kier alpha value is -1.51. The fraction of sp³-hybridized carbons (Fsp3) is 0.500. The molecule has 1 aliphatic heterocycles. The number of amides is 1. The average Bonchev–Trinajstić information content (AvgIpc) is 2.36. The lowest BCUT2D eigenvalue weighted by molar-refractivity contribution is -0.121. The molecule has 3 nitrogen and oxygen atoms in total. The highest BCUT2D eigenvalue weighted by atomic mass is 16.1. The van der Waals surface area contributed by atoms with Gasteiger partial charge in [-0.3, -0.25) is 4.79 Å². The minimum atomic E-state index is 0.179. The zero-order chi connectivity index (χ0) is 12.1. The second-order valence-electron chi connectivity index (χ2n) is 4.61. The van der Waals surface area contributed by atoms with Crippen LogP contribution in [0, 0.1) is 0 Å². The zero-order valence-electron chi connectivity index (χ0n) is 10.3. The Bertz CT molecular complexity index is 390. The largest absolute Gasteiger partial charge is 0.383 e. The van der Waals surface area contributed by atoms with E-state index in [-0.39, 0.29) is 11.9 Å². The fourth-order valence-electron chi connectivity index (χ4n) is 2.18. The van der Waals surface area contributed by atoms with Gasteiger partial charge in [-0.25, -0.2) is 0 Å². The standard InChI is InChI=1S/C14H20N2O/c1-2-3-8-14(17)16-12-9-11-6-4-5-7-13(11)15-10-12/h4-7,12,15H,2-3,8-10H2,1H3,(H,16,17). The molecule has 0 aliphatic carbocycles. The van der Waals surface area contributed by atoms with Crippen molar-refractivity contribution in [1.82, 2.24) is 5.32 Å². The van der Waals surface area contributed by atoms with Gasteiger partial charge in [-0.2, -0.15) is 0 Å². The van der Waals surface area contributed by atoms with Crippen molar-refractivity contribution in [2.45, 2.75) is 38.6 Å². The molecule has 1 amide bonds. The summed E-state index contributed by atoms with van der Waals surface area (Å²) in [6.45, 7) is 2.93. The molecule has 0 saturated carbocycles.